The summed E-state index contributed by atoms with van der Waals surface area (Å²) in [6.45, 7) is 9.77. The van der Waals surface area contributed by atoms with Crippen LogP contribution in [0.1, 0.15) is 59.9 Å². The second-order valence-corrected chi connectivity index (χ2v) is 10.8. The molecule has 2 aliphatic heterocycles. The Kier molecular flexibility index (Phi) is 7.33. The van der Waals surface area contributed by atoms with Gasteiger partial charge in [-0.25, -0.2) is 24.1 Å². The minimum absolute atomic E-state index is 0.0219. The van der Waals surface area contributed by atoms with E-state index in [1.165, 1.54) is 4.90 Å². The van der Waals surface area contributed by atoms with Crippen molar-refractivity contribution in [2.75, 3.05) is 13.1 Å². The van der Waals surface area contributed by atoms with Gasteiger partial charge in [0.2, 0.25) is 0 Å². The van der Waals surface area contributed by atoms with Crippen molar-refractivity contribution in [1.29, 1.82) is 0 Å². The van der Waals surface area contributed by atoms with Crippen LogP contribution in [0.5, 0.6) is 0 Å². The van der Waals surface area contributed by atoms with Crippen LogP contribution in [0.3, 0.4) is 0 Å². The number of carbonyl (C=O) groups excluding carboxylic acids is 5. The van der Waals surface area contributed by atoms with Crippen molar-refractivity contribution in [3.63, 3.8) is 0 Å². The third-order valence-electron chi connectivity index (χ3n) is 5.62. The molecule has 6 amide bonds. The van der Waals surface area contributed by atoms with Gasteiger partial charge < -0.3 is 19.1 Å². The number of carbonyl (C=O) groups is 5. The average molecular weight is 504 g/mol. The first-order valence-electron chi connectivity index (χ1n) is 11.7. The highest BCUT2D eigenvalue weighted by molar-refractivity contribution is 6.20. The molecule has 2 fully saturated rings. The zero-order valence-electron chi connectivity index (χ0n) is 21.5. The third kappa shape index (κ3) is 5.77. The molecule has 11 nitrogen and oxygen atoms in total. The molecule has 11 heteroatoms. The molecule has 0 saturated carbocycles. The molecule has 2 heterocycles. The largest absolute Gasteiger partial charge is 0.445 e. The maximum atomic E-state index is 13.5. The average Bonchev–Trinajstić information content (AvgIpc) is 2.97. The van der Waals surface area contributed by atoms with Crippen LogP contribution in [-0.2, 0) is 25.6 Å². The van der Waals surface area contributed by atoms with E-state index in [0.717, 1.165) is 5.56 Å². The smallest absolute Gasteiger partial charge is 0.425 e. The molecule has 3 rings (SSSR count). The van der Waals surface area contributed by atoms with E-state index in [2.05, 4.69) is 0 Å². The molecule has 1 aromatic rings. The minimum atomic E-state index is -1.69. The lowest BCUT2D eigenvalue weighted by molar-refractivity contribution is -0.134. The van der Waals surface area contributed by atoms with E-state index < -0.39 is 47.0 Å². The summed E-state index contributed by atoms with van der Waals surface area (Å²) in [5.74, 6) is -0.884. The molecule has 2 saturated heterocycles. The van der Waals surface area contributed by atoms with E-state index in [1.807, 2.05) is 30.3 Å². The Labute approximate surface area is 210 Å². The fourth-order valence-corrected chi connectivity index (χ4v) is 4.01. The van der Waals surface area contributed by atoms with Crippen LogP contribution in [0.2, 0.25) is 0 Å². The quantitative estimate of drug-likeness (QED) is 0.433. The summed E-state index contributed by atoms with van der Waals surface area (Å²) in [5.41, 5.74) is -2.80. The molecule has 0 radical (unpaired) electrons. The van der Waals surface area contributed by atoms with Crippen molar-refractivity contribution in [3.8, 4) is 0 Å². The number of hydrogen-bond donors (Lipinski definition) is 0. The fraction of sp³-hybridized carbons (Fsp3) is 0.560. The van der Waals surface area contributed by atoms with Crippen molar-refractivity contribution < 1.29 is 38.2 Å². The number of likely N-dealkylation sites (tertiary alicyclic amines) is 1. The maximum Gasteiger partial charge on any atom is 0.425 e. The van der Waals surface area contributed by atoms with Crippen molar-refractivity contribution in [2.45, 2.75) is 77.7 Å². The van der Waals surface area contributed by atoms with E-state index >= 15 is 0 Å². The van der Waals surface area contributed by atoms with Gasteiger partial charge in [0, 0.05) is 13.1 Å². The Morgan fingerprint density at radius 3 is 1.89 bits per heavy atom. The molecule has 0 N–H and O–H groups in total. The number of nitrogens with zero attached hydrogens (tertiary/aromatic N) is 3. The van der Waals surface area contributed by atoms with Crippen LogP contribution in [0, 0.1) is 0 Å². The number of amides is 6. The summed E-state index contributed by atoms with van der Waals surface area (Å²) in [6.07, 6.45) is -2.98. The first-order valence-corrected chi connectivity index (χ1v) is 11.7. The number of piperidine rings is 1. The lowest BCUT2D eigenvalue weighted by Crippen LogP contribution is -2.59. The zero-order valence-corrected chi connectivity index (χ0v) is 21.5. The maximum absolute atomic E-state index is 13.5. The number of benzene rings is 1. The number of imide groups is 4. The van der Waals surface area contributed by atoms with Crippen LogP contribution in [-0.4, -0.2) is 74.7 Å². The highest BCUT2D eigenvalue weighted by Crippen LogP contribution is 2.39. The summed E-state index contributed by atoms with van der Waals surface area (Å²) in [4.78, 5) is 67.6. The molecule has 1 aromatic carbocycles. The van der Waals surface area contributed by atoms with Gasteiger partial charge in [-0.05, 0) is 59.9 Å². The van der Waals surface area contributed by atoms with E-state index in [4.69, 9.17) is 14.2 Å². The topological polar surface area (TPSA) is 123 Å². The van der Waals surface area contributed by atoms with E-state index in [1.54, 1.807) is 41.5 Å². The van der Waals surface area contributed by atoms with Gasteiger partial charge in [0.15, 0.2) is 0 Å². The summed E-state index contributed by atoms with van der Waals surface area (Å²) in [6, 6.07) is 8.03. The van der Waals surface area contributed by atoms with Gasteiger partial charge in [-0.1, -0.05) is 30.3 Å². The van der Waals surface area contributed by atoms with Crippen molar-refractivity contribution >= 4 is 30.2 Å². The summed E-state index contributed by atoms with van der Waals surface area (Å²) < 4.78 is 16.0. The predicted octanol–water partition coefficient (Wildman–Crippen LogP) is 4.29. The highest BCUT2D eigenvalue weighted by atomic mass is 16.6. The Hall–Kier alpha value is -3.63. The first-order chi connectivity index (χ1) is 16.6. The van der Waals surface area contributed by atoms with Crippen LogP contribution < -0.4 is 0 Å². The van der Waals surface area contributed by atoms with Gasteiger partial charge >= 0.3 is 24.3 Å². The van der Waals surface area contributed by atoms with Crippen LogP contribution in [0.25, 0.3) is 0 Å². The molecular weight excluding hydrogens is 470 g/mol. The Morgan fingerprint density at radius 2 is 1.36 bits per heavy atom. The number of urea groups is 1. The normalized spacial score (nSPS) is 17.9. The van der Waals surface area contributed by atoms with Crippen molar-refractivity contribution in [3.05, 3.63) is 35.9 Å². The molecule has 196 valence electrons. The number of rotatable bonds is 2. The predicted molar refractivity (Wildman–Crippen MR) is 127 cm³/mol. The Bertz CT molecular complexity index is 1030. The van der Waals surface area contributed by atoms with Gasteiger partial charge in [-0.15, -0.1) is 0 Å². The molecule has 0 unspecified atom stereocenters. The van der Waals surface area contributed by atoms with E-state index in [0.29, 0.717) is 9.80 Å². The molecule has 0 aliphatic carbocycles. The Balaban J connectivity index is 1.80. The van der Waals surface area contributed by atoms with Crippen molar-refractivity contribution in [1.82, 2.24) is 14.7 Å². The summed E-state index contributed by atoms with van der Waals surface area (Å²) in [7, 11) is 0. The van der Waals surface area contributed by atoms with Crippen LogP contribution >= 0.6 is 0 Å². The molecule has 2 aliphatic rings. The number of ether oxygens (including phenoxy) is 3. The van der Waals surface area contributed by atoms with E-state index in [-0.39, 0.29) is 32.5 Å². The summed E-state index contributed by atoms with van der Waals surface area (Å²) >= 11 is 0. The summed E-state index contributed by atoms with van der Waals surface area (Å²) in [5, 5.41) is 0. The molecule has 0 bridgehead atoms. The molecular formula is C25H33N3O8. The lowest BCUT2D eigenvalue weighted by atomic mass is 9.86. The molecule has 0 aromatic heterocycles. The standard InChI is InChI=1S/C25H33N3O8/c1-23(2,3)35-21(32)27-18(29)25(28(19(27)30)22(33)36-24(4,5)6)12-14-26(15-13-25)20(31)34-16-17-10-8-7-9-11-17/h7-11H,12-16H2,1-6H3. The second kappa shape index (κ2) is 9.79. The first kappa shape index (κ1) is 27.0. The Morgan fingerprint density at radius 1 is 0.833 bits per heavy atom. The van der Waals surface area contributed by atoms with Crippen LogP contribution in [0.15, 0.2) is 30.3 Å². The zero-order chi connectivity index (χ0) is 26.9. The highest BCUT2D eigenvalue weighted by Gasteiger charge is 2.64. The minimum Gasteiger partial charge on any atom is -0.445 e. The molecule has 1 spiro atoms. The fourth-order valence-electron chi connectivity index (χ4n) is 4.01. The van der Waals surface area contributed by atoms with E-state index in [9.17, 15) is 24.0 Å². The van der Waals surface area contributed by atoms with Gasteiger partial charge in [0.1, 0.15) is 23.3 Å². The third-order valence-corrected chi connectivity index (χ3v) is 5.62. The monoisotopic (exact) mass is 503 g/mol. The molecule has 36 heavy (non-hydrogen) atoms. The second-order valence-electron chi connectivity index (χ2n) is 10.8. The van der Waals surface area contributed by atoms with Crippen molar-refractivity contribution in [2.24, 2.45) is 0 Å². The number of hydrogen-bond acceptors (Lipinski definition) is 8. The SMILES string of the molecule is CC(C)(C)OC(=O)N1C(=O)N(C(=O)OC(C)(C)C)C2(CCN(C(=O)OCc3ccccc3)CC2)C1=O. The van der Waals surface area contributed by atoms with Crippen LogP contribution in [0.4, 0.5) is 19.2 Å². The van der Waals surface area contributed by atoms with Gasteiger partial charge in [0.25, 0.3) is 5.91 Å². The molecule has 0 atom stereocenters. The lowest BCUT2D eigenvalue weighted by Gasteiger charge is -2.40. The van der Waals surface area contributed by atoms with Gasteiger partial charge in [0.05, 0.1) is 0 Å². The van der Waals surface area contributed by atoms with Gasteiger partial charge in [-0.2, -0.15) is 4.90 Å². The van der Waals surface area contributed by atoms with Gasteiger partial charge in [-0.3, -0.25) is 4.79 Å².